The van der Waals surface area contributed by atoms with Crippen LogP contribution in [0.25, 0.3) is 0 Å². The van der Waals surface area contributed by atoms with Crippen LogP contribution in [0.15, 0.2) is 0 Å². The highest BCUT2D eigenvalue weighted by Gasteiger charge is 2.43. The minimum Gasteiger partial charge on any atom is -0.444 e. The van der Waals surface area contributed by atoms with E-state index in [1.165, 1.54) is 0 Å². The summed E-state index contributed by atoms with van der Waals surface area (Å²) in [6, 6.07) is 0. The van der Waals surface area contributed by atoms with E-state index in [9.17, 15) is 4.79 Å². The van der Waals surface area contributed by atoms with E-state index in [0.717, 1.165) is 25.9 Å². The van der Waals surface area contributed by atoms with Crippen LogP contribution in [0, 0.1) is 11.8 Å². The average Bonchev–Trinajstić information content (AvgIpc) is 2.70. The third-order valence-electron chi connectivity index (χ3n) is 3.69. The van der Waals surface area contributed by atoms with Gasteiger partial charge in [0, 0.05) is 20.2 Å². The highest BCUT2D eigenvalue weighted by molar-refractivity contribution is 5.68. The summed E-state index contributed by atoms with van der Waals surface area (Å²) in [6.07, 6.45) is 2.40. The molecule has 1 saturated heterocycles. The molecular weight excluding hydrogens is 218 g/mol. The molecule has 0 radical (unpaired) electrons. The van der Waals surface area contributed by atoms with Crippen LogP contribution in [-0.4, -0.2) is 42.9 Å². The van der Waals surface area contributed by atoms with Gasteiger partial charge in [-0.15, -0.1) is 0 Å². The molecule has 0 aromatic carbocycles. The molecule has 4 heteroatoms. The SMILES string of the molecule is CO[C@H]1C[C@@H]2CN(C(=O)OC(C)(C)C)C[C@@H]2C1. The predicted octanol–water partition coefficient (Wildman–Crippen LogP) is 2.28. The molecule has 0 spiro atoms. The standard InChI is InChI=1S/C13H23NO3/c1-13(2,3)17-12(15)14-7-9-5-11(16-4)6-10(9)8-14/h9-11H,5-8H2,1-4H3/t9-,10+,11+. The molecule has 0 bridgehead atoms. The Kier molecular flexibility index (Phi) is 3.34. The maximum absolute atomic E-state index is 11.9. The van der Waals surface area contributed by atoms with Crippen molar-refractivity contribution in [2.24, 2.45) is 11.8 Å². The third-order valence-corrected chi connectivity index (χ3v) is 3.69. The molecule has 2 fully saturated rings. The fourth-order valence-electron chi connectivity index (χ4n) is 2.91. The molecule has 1 saturated carbocycles. The van der Waals surface area contributed by atoms with Gasteiger partial charge in [0.1, 0.15) is 5.60 Å². The minimum atomic E-state index is -0.399. The smallest absolute Gasteiger partial charge is 0.410 e. The van der Waals surface area contributed by atoms with Crippen molar-refractivity contribution in [1.29, 1.82) is 0 Å². The molecule has 1 aliphatic heterocycles. The second-order valence-corrected chi connectivity index (χ2v) is 6.23. The zero-order valence-electron chi connectivity index (χ0n) is 11.2. The van der Waals surface area contributed by atoms with Crippen molar-refractivity contribution in [3.8, 4) is 0 Å². The normalized spacial score (nSPS) is 32.7. The quantitative estimate of drug-likeness (QED) is 0.707. The molecule has 1 amide bonds. The molecule has 1 heterocycles. The van der Waals surface area contributed by atoms with Crippen LogP contribution in [0.2, 0.25) is 0 Å². The van der Waals surface area contributed by atoms with Crippen LogP contribution >= 0.6 is 0 Å². The maximum Gasteiger partial charge on any atom is 0.410 e. The summed E-state index contributed by atoms with van der Waals surface area (Å²) < 4.78 is 10.8. The van der Waals surface area contributed by atoms with Crippen LogP contribution in [0.5, 0.6) is 0 Å². The largest absolute Gasteiger partial charge is 0.444 e. The Morgan fingerprint density at radius 2 is 1.71 bits per heavy atom. The molecule has 1 aliphatic carbocycles. The summed E-state index contributed by atoms with van der Waals surface area (Å²) in [5, 5.41) is 0. The van der Waals surface area contributed by atoms with Crippen LogP contribution in [-0.2, 0) is 9.47 Å². The molecule has 0 aromatic heterocycles. The molecule has 2 rings (SSSR count). The van der Waals surface area contributed by atoms with E-state index in [1.54, 1.807) is 7.11 Å². The van der Waals surface area contributed by atoms with Gasteiger partial charge < -0.3 is 14.4 Å². The molecule has 0 N–H and O–H groups in total. The van der Waals surface area contributed by atoms with Gasteiger partial charge >= 0.3 is 6.09 Å². The number of fused-ring (bicyclic) bond motifs is 1. The minimum absolute atomic E-state index is 0.166. The fourth-order valence-corrected chi connectivity index (χ4v) is 2.91. The lowest BCUT2D eigenvalue weighted by Crippen LogP contribution is -2.36. The number of likely N-dealkylation sites (tertiary alicyclic amines) is 1. The summed E-state index contributed by atoms with van der Waals surface area (Å²) >= 11 is 0. The van der Waals surface area contributed by atoms with Crippen molar-refractivity contribution >= 4 is 6.09 Å². The lowest BCUT2D eigenvalue weighted by atomic mass is 10.0. The summed E-state index contributed by atoms with van der Waals surface area (Å²) in [6.45, 7) is 7.38. The molecule has 98 valence electrons. The van der Waals surface area contributed by atoms with Crippen molar-refractivity contribution in [1.82, 2.24) is 4.90 Å². The number of nitrogens with zero attached hydrogens (tertiary/aromatic N) is 1. The van der Waals surface area contributed by atoms with Crippen molar-refractivity contribution in [2.75, 3.05) is 20.2 Å². The zero-order chi connectivity index (χ0) is 12.6. The maximum atomic E-state index is 11.9. The number of ether oxygens (including phenoxy) is 2. The lowest BCUT2D eigenvalue weighted by Gasteiger charge is -2.25. The monoisotopic (exact) mass is 241 g/mol. The Bertz CT molecular complexity index is 284. The van der Waals surface area contributed by atoms with Crippen LogP contribution in [0.3, 0.4) is 0 Å². The van der Waals surface area contributed by atoms with Gasteiger partial charge in [0.15, 0.2) is 0 Å². The van der Waals surface area contributed by atoms with E-state index < -0.39 is 5.60 Å². The summed E-state index contributed by atoms with van der Waals surface area (Å²) in [7, 11) is 1.78. The highest BCUT2D eigenvalue weighted by atomic mass is 16.6. The van der Waals surface area contributed by atoms with Crippen molar-refractivity contribution in [3.05, 3.63) is 0 Å². The molecule has 17 heavy (non-hydrogen) atoms. The van der Waals surface area contributed by atoms with E-state index in [1.807, 2.05) is 25.7 Å². The summed E-state index contributed by atoms with van der Waals surface area (Å²) in [5.74, 6) is 1.21. The Morgan fingerprint density at radius 3 is 2.12 bits per heavy atom. The van der Waals surface area contributed by atoms with Crippen molar-refractivity contribution < 1.29 is 14.3 Å². The van der Waals surface area contributed by atoms with Gasteiger partial charge in [0.25, 0.3) is 0 Å². The Balaban J connectivity index is 1.86. The Morgan fingerprint density at radius 1 is 1.18 bits per heavy atom. The van der Waals surface area contributed by atoms with E-state index in [4.69, 9.17) is 9.47 Å². The molecule has 0 aromatic rings. The van der Waals surface area contributed by atoms with Crippen LogP contribution < -0.4 is 0 Å². The van der Waals surface area contributed by atoms with Gasteiger partial charge in [-0.1, -0.05) is 0 Å². The first kappa shape index (κ1) is 12.7. The number of carbonyl (C=O) groups excluding carboxylic acids is 1. The van der Waals surface area contributed by atoms with Gasteiger partial charge in [-0.25, -0.2) is 4.79 Å². The molecule has 2 aliphatic rings. The predicted molar refractivity (Wildman–Crippen MR) is 64.8 cm³/mol. The second-order valence-electron chi connectivity index (χ2n) is 6.23. The second kappa shape index (κ2) is 4.48. The van der Waals surface area contributed by atoms with Gasteiger partial charge in [-0.3, -0.25) is 0 Å². The average molecular weight is 241 g/mol. The van der Waals surface area contributed by atoms with E-state index in [2.05, 4.69) is 0 Å². The van der Waals surface area contributed by atoms with Gasteiger partial charge in [-0.2, -0.15) is 0 Å². The number of hydrogen-bond donors (Lipinski definition) is 0. The fraction of sp³-hybridized carbons (Fsp3) is 0.923. The highest BCUT2D eigenvalue weighted by Crippen LogP contribution is 2.39. The van der Waals surface area contributed by atoms with Gasteiger partial charge in [0.05, 0.1) is 6.10 Å². The molecule has 4 nitrogen and oxygen atoms in total. The number of amides is 1. The number of hydrogen-bond acceptors (Lipinski definition) is 3. The van der Waals surface area contributed by atoms with Crippen molar-refractivity contribution in [3.63, 3.8) is 0 Å². The molecular formula is C13H23NO3. The van der Waals surface area contributed by atoms with Crippen LogP contribution in [0.4, 0.5) is 4.79 Å². The first-order chi connectivity index (χ1) is 7.89. The van der Waals surface area contributed by atoms with E-state index in [0.29, 0.717) is 17.9 Å². The lowest BCUT2D eigenvalue weighted by molar-refractivity contribution is 0.0260. The van der Waals surface area contributed by atoms with E-state index in [-0.39, 0.29) is 6.09 Å². The van der Waals surface area contributed by atoms with E-state index >= 15 is 0 Å². The Hall–Kier alpha value is -0.770. The van der Waals surface area contributed by atoms with Gasteiger partial charge in [-0.05, 0) is 45.4 Å². The summed E-state index contributed by atoms with van der Waals surface area (Å²) in [4.78, 5) is 13.8. The van der Waals surface area contributed by atoms with Crippen LogP contribution in [0.1, 0.15) is 33.6 Å². The molecule has 0 unspecified atom stereocenters. The number of rotatable bonds is 1. The molecule has 3 atom stereocenters. The van der Waals surface area contributed by atoms with Crippen molar-refractivity contribution in [2.45, 2.75) is 45.3 Å². The first-order valence-electron chi connectivity index (χ1n) is 6.40. The topological polar surface area (TPSA) is 38.8 Å². The van der Waals surface area contributed by atoms with Gasteiger partial charge in [0.2, 0.25) is 0 Å². The number of methoxy groups -OCH3 is 1. The zero-order valence-corrected chi connectivity index (χ0v) is 11.2. The number of carbonyl (C=O) groups is 1. The third kappa shape index (κ3) is 2.92. The summed E-state index contributed by atoms with van der Waals surface area (Å²) in [5.41, 5.74) is -0.399. The first-order valence-corrected chi connectivity index (χ1v) is 6.40. The Labute approximate surface area is 103 Å².